The van der Waals surface area contributed by atoms with Gasteiger partial charge < -0.3 is 13.3 Å². The van der Waals surface area contributed by atoms with Crippen LogP contribution in [-0.2, 0) is 13.3 Å². The van der Waals surface area contributed by atoms with Crippen LogP contribution in [0, 0.1) is 17.2 Å². The van der Waals surface area contributed by atoms with Crippen LogP contribution >= 0.6 is 0 Å². The van der Waals surface area contributed by atoms with Crippen molar-refractivity contribution in [3.63, 3.8) is 0 Å². The van der Waals surface area contributed by atoms with Crippen LogP contribution in [-0.4, -0.2) is 30.1 Å². The number of hydrogen-bond donors (Lipinski definition) is 0. The summed E-state index contributed by atoms with van der Waals surface area (Å²) in [4.78, 5) is 0. The molecule has 0 aliphatic heterocycles. The molecule has 0 bridgehead atoms. The van der Waals surface area contributed by atoms with Crippen molar-refractivity contribution in [1.29, 1.82) is 5.26 Å². The van der Waals surface area contributed by atoms with E-state index in [2.05, 4.69) is 6.07 Å². The first-order valence-corrected chi connectivity index (χ1v) is 9.12. The summed E-state index contributed by atoms with van der Waals surface area (Å²) < 4.78 is 16.2. The summed E-state index contributed by atoms with van der Waals surface area (Å²) in [5, 5.41) is 8.67. The summed E-state index contributed by atoms with van der Waals surface area (Å²) in [6.45, 7) is 1.99. The van der Waals surface area contributed by atoms with Crippen molar-refractivity contribution < 1.29 is 13.3 Å². The molecule has 0 aromatic heterocycles. The first-order chi connectivity index (χ1) is 9.14. The van der Waals surface area contributed by atoms with Crippen LogP contribution in [0.25, 0.3) is 0 Å². The Kier molecular flexibility index (Phi) is 11.2. The Morgan fingerprint density at radius 1 is 0.895 bits per heavy atom. The monoisotopic (exact) mass is 287 g/mol. The van der Waals surface area contributed by atoms with E-state index in [9.17, 15) is 0 Å². The predicted octanol–water partition coefficient (Wildman–Crippen LogP) is 3.75. The Bertz CT molecular complexity index is 243. The van der Waals surface area contributed by atoms with E-state index in [1.807, 2.05) is 6.92 Å². The highest BCUT2D eigenvalue weighted by Gasteiger charge is 2.36. The van der Waals surface area contributed by atoms with Crippen LogP contribution < -0.4 is 0 Å². The van der Waals surface area contributed by atoms with E-state index in [-0.39, 0.29) is 5.92 Å². The molecule has 0 amide bonds. The second kappa shape index (κ2) is 11.4. The van der Waals surface area contributed by atoms with Gasteiger partial charge in [-0.1, -0.05) is 32.1 Å². The third kappa shape index (κ3) is 8.38. The molecule has 0 spiro atoms. The molecule has 0 saturated heterocycles. The molecule has 0 heterocycles. The Balaban J connectivity index is 3.47. The zero-order chi connectivity index (χ0) is 14.6. The summed E-state index contributed by atoms with van der Waals surface area (Å²) in [6, 6.07) is 3.17. The van der Waals surface area contributed by atoms with Gasteiger partial charge in [0.05, 0.1) is 6.07 Å². The molecule has 0 rings (SSSR count). The largest absolute Gasteiger partial charge is 0.500 e. The fourth-order valence-corrected chi connectivity index (χ4v) is 3.92. The summed E-state index contributed by atoms with van der Waals surface area (Å²) in [5.41, 5.74) is 0. The Morgan fingerprint density at radius 3 is 1.84 bits per heavy atom. The molecule has 0 saturated carbocycles. The van der Waals surface area contributed by atoms with E-state index < -0.39 is 8.80 Å². The molecule has 1 unspecified atom stereocenters. The van der Waals surface area contributed by atoms with Crippen LogP contribution in [0.5, 0.6) is 0 Å². The highest BCUT2D eigenvalue weighted by atomic mass is 28.4. The van der Waals surface area contributed by atoms with Gasteiger partial charge in [-0.2, -0.15) is 5.26 Å². The average molecular weight is 287 g/mol. The smallest absolute Gasteiger partial charge is 0.377 e. The molecule has 112 valence electrons. The van der Waals surface area contributed by atoms with E-state index in [4.69, 9.17) is 18.5 Å². The van der Waals surface area contributed by atoms with Crippen LogP contribution in [0.2, 0.25) is 6.04 Å². The Morgan fingerprint density at radius 2 is 1.37 bits per heavy atom. The van der Waals surface area contributed by atoms with E-state index >= 15 is 0 Å². The van der Waals surface area contributed by atoms with Gasteiger partial charge in [0.25, 0.3) is 0 Å². The van der Waals surface area contributed by atoms with E-state index in [1.165, 1.54) is 32.1 Å². The number of nitrogens with zero attached hydrogens (tertiary/aromatic N) is 1. The molecule has 0 aliphatic carbocycles. The predicted molar refractivity (Wildman–Crippen MR) is 78.7 cm³/mol. The van der Waals surface area contributed by atoms with Crippen molar-refractivity contribution in [3.8, 4) is 6.07 Å². The number of unbranched alkanes of at least 4 members (excludes halogenated alkanes) is 5. The second-order valence-corrected chi connectivity index (χ2v) is 8.08. The average Bonchev–Trinajstić information content (AvgIpc) is 2.46. The van der Waals surface area contributed by atoms with Crippen molar-refractivity contribution in [2.75, 3.05) is 21.3 Å². The summed E-state index contributed by atoms with van der Waals surface area (Å²) in [5.74, 6) is 0.205. The third-order valence-electron chi connectivity index (χ3n) is 3.52. The quantitative estimate of drug-likeness (QED) is 0.405. The lowest BCUT2D eigenvalue weighted by atomic mass is 10.0. The lowest BCUT2D eigenvalue weighted by Crippen LogP contribution is -2.42. The Hall–Kier alpha value is -0.413. The summed E-state index contributed by atoms with van der Waals surface area (Å²) in [7, 11) is 2.64. The van der Waals surface area contributed by atoms with E-state index in [1.54, 1.807) is 21.3 Å². The van der Waals surface area contributed by atoms with E-state index in [0.29, 0.717) is 0 Å². The van der Waals surface area contributed by atoms with Crippen molar-refractivity contribution in [2.24, 2.45) is 5.92 Å². The zero-order valence-electron chi connectivity index (χ0n) is 12.9. The van der Waals surface area contributed by atoms with Crippen molar-refractivity contribution in [3.05, 3.63) is 0 Å². The zero-order valence-corrected chi connectivity index (χ0v) is 13.9. The number of nitriles is 1. The van der Waals surface area contributed by atoms with Crippen molar-refractivity contribution >= 4 is 8.80 Å². The molecular weight excluding hydrogens is 258 g/mol. The minimum absolute atomic E-state index is 0.205. The lowest BCUT2D eigenvalue weighted by Gasteiger charge is -2.24. The van der Waals surface area contributed by atoms with Crippen LogP contribution in [0.4, 0.5) is 0 Å². The molecule has 0 aromatic carbocycles. The molecule has 4 nitrogen and oxygen atoms in total. The van der Waals surface area contributed by atoms with Gasteiger partial charge in [-0.05, 0) is 19.8 Å². The van der Waals surface area contributed by atoms with Gasteiger partial charge in [0, 0.05) is 33.3 Å². The normalized spacial score (nSPS) is 13.2. The van der Waals surface area contributed by atoms with Gasteiger partial charge in [0.1, 0.15) is 0 Å². The minimum atomic E-state index is -2.35. The van der Waals surface area contributed by atoms with Crippen LogP contribution in [0.3, 0.4) is 0 Å². The minimum Gasteiger partial charge on any atom is -0.377 e. The first-order valence-electron chi connectivity index (χ1n) is 7.19. The van der Waals surface area contributed by atoms with Gasteiger partial charge >= 0.3 is 8.80 Å². The van der Waals surface area contributed by atoms with Gasteiger partial charge in [-0.3, -0.25) is 0 Å². The SMILES string of the molecule is CO[Si](CCCCCCCCC(C)C#N)(OC)OC. The highest BCUT2D eigenvalue weighted by molar-refractivity contribution is 6.60. The van der Waals surface area contributed by atoms with Crippen molar-refractivity contribution in [2.45, 2.75) is 57.9 Å². The van der Waals surface area contributed by atoms with Gasteiger partial charge in [-0.25, -0.2) is 0 Å². The fraction of sp³-hybridized carbons (Fsp3) is 0.929. The maximum absolute atomic E-state index is 8.67. The number of hydrogen-bond acceptors (Lipinski definition) is 4. The topological polar surface area (TPSA) is 51.5 Å². The number of rotatable bonds is 12. The second-order valence-electron chi connectivity index (χ2n) is 4.99. The van der Waals surface area contributed by atoms with Gasteiger partial charge in [0.15, 0.2) is 0 Å². The Labute approximate surface area is 119 Å². The van der Waals surface area contributed by atoms with E-state index in [0.717, 1.165) is 18.9 Å². The standard InChI is InChI=1S/C14H29NO3Si/c1-14(13-15)11-9-7-5-6-8-10-12-19(16-2,17-3)18-4/h14H,5-12H2,1-4H3. The van der Waals surface area contributed by atoms with Crippen LogP contribution in [0.1, 0.15) is 51.9 Å². The third-order valence-corrected chi connectivity index (χ3v) is 6.36. The molecular formula is C14H29NO3Si. The summed E-state index contributed by atoms with van der Waals surface area (Å²) >= 11 is 0. The molecule has 0 aromatic rings. The molecule has 19 heavy (non-hydrogen) atoms. The molecule has 1 atom stereocenters. The molecule has 0 N–H and O–H groups in total. The van der Waals surface area contributed by atoms with Gasteiger partial charge in [-0.15, -0.1) is 0 Å². The molecule has 0 radical (unpaired) electrons. The molecule has 0 aliphatic rings. The summed E-state index contributed by atoms with van der Waals surface area (Å²) in [6.07, 6.45) is 8.20. The highest BCUT2D eigenvalue weighted by Crippen LogP contribution is 2.18. The maximum Gasteiger partial charge on any atom is 0.500 e. The molecule has 5 heteroatoms. The molecule has 0 fully saturated rings. The first kappa shape index (κ1) is 18.6. The fourth-order valence-electron chi connectivity index (χ4n) is 2.12. The van der Waals surface area contributed by atoms with Crippen molar-refractivity contribution in [1.82, 2.24) is 0 Å². The van der Waals surface area contributed by atoms with Crippen LogP contribution in [0.15, 0.2) is 0 Å². The lowest BCUT2D eigenvalue weighted by molar-refractivity contribution is 0.122. The maximum atomic E-state index is 8.67. The van der Waals surface area contributed by atoms with Gasteiger partial charge in [0.2, 0.25) is 0 Å².